The predicted octanol–water partition coefficient (Wildman–Crippen LogP) is 3.21. The quantitative estimate of drug-likeness (QED) is 0.790. The first kappa shape index (κ1) is 14.9. The average Bonchev–Trinajstić information content (AvgIpc) is 3.06. The van der Waals surface area contributed by atoms with Crippen molar-refractivity contribution in [1.82, 2.24) is 10.2 Å². The summed E-state index contributed by atoms with van der Waals surface area (Å²) in [6.07, 6.45) is -3.75. The Kier molecular flexibility index (Phi) is 3.79. The molecule has 3 N–H and O–H groups in total. The molecule has 0 bridgehead atoms. The minimum Gasteiger partial charge on any atom is -0.376 e. The zero-order chi connectivity index (χ0) is 15.7. The van der Waals surface area contributed by atoms with E-state index in [-0.39, 0.29) is 5.00 Å². The molecule has 0 spiro atoms. The van der Waals surface area contributed by atoms with Gasteiger partial charge in [0.05, 0.1) is 23.8 Å². The van der Waals surface area contributed by atoms with E-state index in [2.05, 4.69) is 20.8 Å². The number of carbonyl (C=O) groups is 1. The molecule has 2 aromatic heterocycles. The highest BCUT2D eigenvalue weighted by Gasteiger charge is 2.31. The Morgan fingerprint density at radius 2 is 2.23 bits per heavy atom. The monoisotopic (exact) mass is 332 g/mol. The molecule has 0 saturated carbocycles. The van der Waals surface area contributed by atoms with E-state index in [1.807, 2.05) is 0 Å². The van der Waals surface area contributed by atoms with Crippen LogP contribution in [0.25, 0.3) is 0 Å². The van der Waals surface area contributed by atoms with Gasteiger partial charge in [-0.2, -0.15) is 18.3 Å². The lowest BCUT2D eigenvalue weighted by Gasteiger charge is -2.12. The number of fused-ring (bicyclic) bond motifs is 1. The summed E-state index contributed by atoms with van der Waals surface area (Å²) in [6, 6.07) is 0.225. The van der Waals surface area contributed by atoms with E-state index in [9.17, 15) is 18.0 Å². The second-order valence-electron chi connectivity index (χ2n) is 4.61. The van der Waals surface area contributed by atoms with Crippen molar-refractivity contribution in [1.29, 1.82) is 0 Å². The number of rotatable bonds is 2. The van der Waals surface area contributed by atoms with E-state index < -0.39 is 17.8 Å². The molecule has 0 atom stereocenters. The number of carbonyl (C=O) groups excluding carboxylic acids is 1. The molecule has 6 nitrogen and oxygen atoms in total. The lowest BCUT2D eigenvalue weighted by Crippen LogP contribution is -2.20. The molecular formula is C12H11F3N4O2S. The molecule has 2 amide bonds. The van der Waals surface area contributed by atoms with Crippen LogP contribution in [0, 0.1) is 0 Å². The average molecular weight is 332 g/mol. The molecule has 118 valence electrons. The highest BCUT2D eigenvalue weighted by atomic mass is 32.1. The zero-order valence-corrected chi connectivity index (χ0v) is 11.9. The van der Waals surface area contributed by atoms with Gasteiger partial charge in [0, 0.05) is 23.1 Å². The van der Waals surface area contributed by atoms with Crippen molar-refractivity contribution in [2.75, 3.05) is 17.2 Å². The first-order valence-corrected chi connectivity index (χ1v) is 7.19. The minimum absolute atomic E-state index is 0.102. The third-order valence-corrected chi connectivity index (χ3v) is 3.94. The lowest BCUT2D eigenvalue weighted by molar-refractivity contribution is -0.137. The molecule has 3 rings (SSSR count). The molecule has 3 heterocycles. The number of H-pyrrole nitrogens is 1. The fourth-order valence-corrected chi connectivity index (χ4v) is 2.82. The fraction of sp³-hybridized carbons (Fsp3) is 0.333. The van der Waals surface area contributed by atoms with Crippen molar-refractivity contribution in [3.05, 3.63) is 28.3 Å². The zero-order valence-electron chi connectivity index (χ0n) is 11.1. The summed E-state index contributed by atoms with van der Waals surface area (Å²) in [6.45, 7) is 0.912. The van der Waals surface area contributed by atoms with Gasteiger partial charge < -0.3 is 4.74 Å². The van der Waals surface area contributed by atoms with Crippen molar-refractivity contribution < 1.29 is 22.7 Å². The van der Waals surface area contributed by atoms with Crippen LogP contribution in [0.2, 0.25) is 0 Å². The maximum absolute atomic E-state index is 12.5. The van der Waals surface area contributed by atoms with Crippen LogP contribution >= 0.6 is 11.3 Å². The standard InChI is InChI=1S/C12H11F3N4O2S/c13-12(14,15)6-3-9(22-5-6)16-11(20)17-10-7-4-21-2-1-8(7)18-19-10/h3,5H,1-2,4H2,(H3,16,17,18,19,20). The van der Waals surface area contributed by atoms with Crippen molar-refractivity contribution >= 4 is 28.2 Å². The Morgan fingerprint density at radius 1 is 1.41 bits per heavy atom. The third-order valence-electron chi connectivity index (χ3n) is 3.09. The first-order chi connectivity index (χ1) is 10.4. The van der Waals surface area contributed by atoms with Gasteiger partial charge >= 0.3 is 12.2 Å². The number of hydrogen-bond donors (Lipinski definition) is 3. The van der Waals surface area contributed by atoms with Crippen molar-refractivity contribution in [3.8, 4) is 0 Å². The van der Waals surface area contributed by atoms with Gasteiger partial charge in [-0.25, -0.2) is 4.79 Å². The Balaban J connectivity index is 1.65. The van der Waals surface area contributed by atoms with Crippen LogP contribution in [0.3, 0.4) is 0 Å². The van der Waals surface area contributed by atoms with E-state index in [4.69, 9.17) is 4.74 Å². The van der Waals surface area contributed by atoms with Gasteiger partial charge in [-0.05, 0) is 6.07 Å². The third kappa shape index (κ3) is 3.07. The van der Waals surface area contributed by atoms with Gasteiger partial charge in [0.25, 0.3) is 0 Å². The molecule has 0 fully saturated rings. The molecule has 10 heteroatoms. The highest BCUT2D eigenvalue weighted by Crippen LogP contribution is 2.34. The minimum atomic E-state index is -4.43. The smallest absolute Gasteiger partial charge is 0.376 e. The number of thiophene rings is 1. The molecule has 1 aliphatic rings. The Bertz CT molecular complexity index is 695. The first-order valence-electron chi connectivity index (χ1n) is 6.31. The van der Waals surface area contributed by atoms with Gasteiger partial charge in [0.1, 0.15) is 0 Å². The largest absolute Gasteiger partial charge is 0.417 e. The van der Waals surface area contributed by atoms with Gasteiger partial charge in [-0.3, -0.25) is 15.7 Å². The summed E-state index contributed by atoms with van der Waals surface area (Å²) < 4.78 is 42.7. The Hall–Kier alpha value is -2.07. The Labute approximate surface area is 126 Å². The summed E-state index contributed by atoms with van der Waals surface area (Å²) >= 11 is 0.801. The highest BCUT2D eigenvalue weighted by molar-refractivity contribution is 7.14. The molecule has 0 unspecified atom stereocenters. The number of aromatic amines is 1. The van der Waals surface area contributed by atoms with Crippen molar-refractivity contribution in [2.45, 2.75) is 19.2 Å². The number of aromatic nitrogens is 2. The number of nitrogens with one attached hydrogen (secondary N) is 3. The molecule has 22 heavy (non-hydrogen) atoms. The molecule has 0 radical (unpaired) electrons. The summed E-state index contributed by atoms with van der Waals surface area (Å²) in [4.78, 5) is 11.8. The molecule has 0 saturated heterocycles. The fourth-order valence-electron chi connectivity index (χ4n) is 2.02. The van der Waals surface area contributed by atoms with E-state index in [0.29, 0.717) is 25.5 Å². The van der Waals surface area contributed by atoms with Crippen LogP contribution in [0.15, 0.2) is 11.4 Å². The van der Waals surface area contributed by atoms with Gasteiger partial charge in [0.2, 0.25) is 0 Å². The number of ether oxygens (including phenoxy) is 1. The Morgan fingerprint density at radius 3 is 2.95 bits per heavy atom. The number of nitrogens with zero attached hydrogens (tertiary/aromatic N) is 1. The maximum Gasteiger partial charge on any atom is 0.417 e. The molecule has 1 aliphatic heterocycles. The van der Waals surface area contributed by atoms with Gasteiger partial charge in [-0.1, -0.05) is 0 Å². The summed E-state index contributed by atoms with van der Waals surface area (Å²) in [5.41, 5.74) is 0.846. The SMILES string of the molecule is O=C(Nc1cc(C(F)(F)F)cs1)Nc1n[nH]c2c1COCC2. The number of anilines is 2. The van der Waals surface area contributed by atoms with Crippen LogP contribution in [-0.2, 0) is 23.9 Å². The maximum atomic E-state index is 12.5. The summed E-state index contributed by atoms with van der Waals surface area (Å²) in [5, 5.41) is 12.7. The van der Waals surface area contributed by atoms with Crippen LogP contribution < -0.4 is 10.6 Å². The summed E-state index contributed by atoms with van der Waals surface area (Å²) in [5.74, 6) is 0.319. The second-order valence-corrected chi connectivity index (χ2v) is 5.52. The topological polar surface area (TPSA) is 79.0 Å². The molecule has 0 aliphatic carbocycles. The van der Waals surface area contributed by atoms with Crippen LogP contribution in [0.5, 0.6) is 0 Å². The van der Waals surface area contributed by atoms with E-state index in [0.717, 1.165) is 34.0 Å². The van der Waals surface area contributed by atoms with Crippen LogP contribution in [0.4, 0.5) is 28.8 Å². The van der Waals surface area contributed by atoms with Crippen molar-refractivity contribution in [3.63, 3.8) is 0 Å². The predicted molar refractivity (Wildman–Crippen MR) is 73.9 cm³/mol. The second kappa shape index (κ2) is 5.61. The van der Waals surface area contributed by atoms with E-state index in [1.54, 1.807) is 0 Å². The normalized spacial score (nSPS) is 14.5. The van der Waals surface area contributed by atoms with Crippen LogP contribution in [-0.4, -0.2) is 22.8 Å². The number of alkyl halides is 3. The van der Waals surface area contributed by atoms with Crippen LogP contribution in [0.1, 0.15) is 16.8 Å². The van der Waals surface area contributed by atoms with E-state index in [1.165, 1.54) is 0 Å². The number of halogens is 3. The van der Waals surface area contributed by atoms with Crippen molar-refractivity contribution in [2.24, 2.45) is 0 Å². The van der Waals surface area contributed by atoms with E-state index >= 15 is 0 Å². The van der Waals surface area contributed by atoms with Gasteiger partial charge in [-0.15, -0.1) is 11.3 Å². The number of hydrogen-bond acceptors (Lipinski definition) is 4. The van der Waals surface area contributed by atoms with Gasteiger partial charge in [0.15, 0.2) is 5.82 Å². The summed E-state index contributed by atoms with van der Waals surface area (Å²) in [7, 11) is 0. The molecule has 2 aromatic rings. The molecular weight excluding hydrogens is 321 g/mol. The number of urea groups is 1. The molecule has 0 aromatic carbocycles. The number of amides is 2. The lowest BCUT2D eigenvalue weighted by atomic mass is 10.1.